The van der Waals surface area contributed by atoms with E-state index in [9.17, 15) is 0 Å². The third-order valence-corrected chi connectivity index (χ3v) is 2.43. The Morgan fingerprint density at radius 2 is 2.19 bits per heavy atom. The Balaban J connectivity index is 0.00000106. The van der Waals surface area contributed by atoms with Crippen molar-refractivity contribution < 1.29 is 0 Å². The van der Waals surface area contributed by atoms with Crippen molar-refractivity contribution in [3.8, 4) is 12.3 Å². The summed E-state index contributed by atoms with van der Waals surface area (Å²) in [5.74, 6) is 2.59. The first kappa shape index (κ1) is 14.7. The summed E-state index contributed by atoms with van der Waals surface area (Å²) in [7, 11) is 0. The summed E-state index contributed by atoms with van der Waals surface area (Å²) in [6.45, 7) is 6.95. The summed E-state index contributed by atoms with van der Waals surface area (Å²) >= 11 is 0. The topological polar surface area (TPSA) is 35.9 Å². The van der Waals surface area contributed by atoms with Crippen molar-refractivity contribution in [2.45, 2.75) is 39.7 Å². The molecule has 0 bridgehead atoms. The average molecular weight is 218 g/mol. The molecule has 88 valence electrons. The maximum absolute atomic E-state index is 7.34. The van der Waals surface area contributed by atoms with E-state index in [4.69, 9.17) is 11.8 Å². The lowest BCUT2D eigenvalue weighted by atomic mass is 10.0. The summed E-state index contributed by atoms with van der Waals surface area (Å²) in [5, 5.41) is 10.7. The number of allylic oxidation sites excluding steroid dienone is 3. The number of rotatable bonds is 3. The molecule has 16 heavy (non-hydrogen) atoms. The lowest BCUT2D eigenvalue weighted by molar-refractivity contribution is 0.711. The van der Waals surface area contributed by atoms with E-state index < -0.39 is 0 Å². The molecule has 0 radical (unpaired) electrons. The van der Waals surface area contributed by atoms with Gasteiger partial charge < -0.3 is 10.7 Å². The van der Waals surface area contributed by atoms with E-state index in [1.54, 1.807) is 0 Å². The lowest BCUT2D eigenvalue weighted by Gasteiger charge is -2.10. The highest BCUT2D eigenvalue weighted by atomic mass is 14.9. The van der Waals surface area contributed by atoms with E-state index in [0.29, 0.717) is 6.04 Å². The van der Waals surface area contributed by atoms with Gasteiger partial charge in [-0.05, 0) is 38.0 Å². The molecule has 0 aromatic carbocycles. The molecule has 1 fully saturated rings. The van der Waals surface area contributed by atoms with Gasteiger partial charge >= 0.3 is 0 Å². The molecule has 1 atom stereocenters. The smallest absolute Gasteiger partial charge is 0.0336 e. The van der Waals surface area contributed by atoms with Crippen LogP contribution in [-0.4, -0.2) is 18.8 Å². The second kappa shape index (κ2) is 8.94. The van der Waals surface area contributed by atoms with Crippen LogP contribution in [0.5, 0.6) is 0 Å². The summed E-state index contributed by atoms with van der Waals surface area (Å²) in [6, 6.07) is 0.316. The Morgan fingerprint density at radius 1 is 1.50 bits per heavy atom. The van der Waals surface area contributed by atoms with Crippen LogP contribution in [0.3, 0.4) is 0 Å². The summed E-state index contributed by atoms with van der Waals surface area (Å²) in [4.78, 5) is 0. The van der Waals surface area contributed by atoms with E-state index in [1.807, 2.05) is 32.9 Å². The molecule has 0 amide bonds. The van der Waals surface area contributed by atoms with Crippen molar-refractivity contribution in [1.82, 2.24) is 5.32 Å². The maximum Gasteiger partial charge on any atom is 0.0336 e. The van der Waals surface area contributed by atoms with Gasteiger partial charge in [0.25, 0.3) is 0 Å². The van der Waals surface area contributed by atoms with Crippen LogP contribution in [0.1, 0.15) is 33.6 Å². The minimum atomic E-state index is 0.316. The zero-order valence-electron chi connectivity index (χ0n) is 10.5. The van der Waals surface area contributed by atoms with Crippen LogP contribution < -0.4 is 5.32 Å². The first-order chi connectivity index (χ1) is 7.81. The quantitative estimate of drug-likeness (QED) is 0.426. The molecule has 1 aliphatic rings. The molecule has 0 unspecified atom stereocenters. The van der Waals surface area contributed by atoms with Crippen LogP contribution in [0.4, 0.5) is 0 Å². The highest BCUT2D eigenvalue weighted by Gasteiger charge is 2.16. The van der Waals surface area contributed by atoms with Gasteiger partial charge in [-0.2, -0.15) is 0 Å². The minimum absolute atomic E-state index is 0.316. The molecule has 2 N–H and O–H groups in total. The number of terminal acetylenes is 1. The third kappa shape index (κ3) is 4.46. The van der Waals surface area contributed by atoms with Crippen molar-refractivity contribution >= 4 is 6.21 Å². The Bertz CT molecular complexity index is 299. The Morgan fingerprint density at radius 3 is 2.56 bits per heavy atom. The standard InChI is InChI=1S/C12H16N2.C2H6/c1-3-10(4-2)8-11(9-13)12-6-5-7-14-12;1-2/h1,4,8-9,12-14H,5-7H2,2H3;1-2H3/b10-4-,11-8+,13-9?;/t12-;/m0./s1. The van der Waals surface area contributed by atoms with Crippen molar-refractivity contribution in [1.29, 1.82) is 5.41 Å². The van der Waals surface area contributed by atoms with Crippen LogP contribution in [0, 0.1) is 17.8 Å². The maximum atomic E-state index is 7.34. The molecule has 0 aliphatic carbocycles. The zero-order valence-corrected chi connectivity index (χ0v) is 10.5. The second-order valence-corrected chi connectivity index (χ2v) is 3.33. The SMILES string of the molecule is C#CC(/C=C(\C=N)[C@@H]1CCCN1)=C/C.CC. The van der Waals surface area contributed by atoms with Gasteiger partial charge in [-0.1, -0.05) is 25.8 Å². The molecule has 0 aromatic rings. The molecule has 1 saturated heterocycles. The summed E-state index contributed by atoms with van der Waals surface area (Å²) in [5.41, 5.74) is 1.82. The fourth-order valence-corrected chi connectivity index (χ4v) is 1.60. The third-order valence-electron chi connectivity index (χ3n) is 2.43. The normalized spacial score (nSPS) is 20.8. The molecular weight excluding hydrogens is 196 g/mol. The highest BCUT2D eigenvalue weighted by Crippen LogP contribution is 2.14. The van der Waals surface area contributed by atoms with Crippen molar-refractivity contribution in [2.75, 3.05) is 6.54 Å². The van der Waals surface area contributed by atoms with E-state index in [0.717, 1.165) is 24.1 Å². The predicted octanol–water partition coefficient (Wildman–Crippen LogP) is 2.92. The van der Waals surface area contributed by atoms with Gasteiger partial charge in [0.15, 0.2) is 0 Å². The highest BCUT2D eigenvalue weighted by molar-refractivity contribution is 5.79. The summed E-state index contributed by atoms with van der Waals surface area (Å²) < 4.78 is 0. The van der Waals surface area contributed by atoms with Crippen molar-refractivity contribution in [2.24, 2.45) is 0 Å². The fourth-order valence-electron chi connectivity index (χ4n) is 1.60. The molecule has 1 rings (SSSR count). The Kier molecular flexibility index (Phi) is 8.19. The van der Waals surface area contributed by atoms with Gasteiger partial charge in [0, 0.05) is 17.8 Å². The second-order valence-electron chi connectivity index (χ2n) is 3.33. The molecule has 0 saturated carbocycles. The first-order valence-electron chi connectivity index (χ1n) is 5.90. The Hall–Kier alpha value is -1.33. The van der Waals surface area contributed by atoms with Gasteiger partial charge in [-0.25, -0.2) is 0 Å². The number of hydrogen-bond donors (Lipinski definition) is 2. The van der Waals surface area contributed by atoms with E-state index in [1.165, 1.54) is 12.6 Å². The molecule has 1 heterocycles. The van der Waals surface area contributed by atoms with Gasteiger partial charge in [-0.3, -0.25) is 0 Å². The first-order valence-corrected chi connectivity index (χ1v) is 5.90. The summed E-state index contributed by atoms with van der Waals surface area (Å²) in [6.07, 6.45) is 12.8. The van der Waals surface area contributed by atoms with Crippen molar-refractivity contribution in [3.05, 3.63) is 23.3 Å². The molecule has 2 nitrogen and oxygen atoms in total. The molecular formula is C14H22N2. The largest absolute Gasteiger partial charge is 0.310 e. The molecule has 0 spiro atoms. The zero-order chi connectivity index (χ0) is 12.4. The van der Waals surface area contributed by atoms with Crippen LogP contribution in [-0.2, 0) is 0 Å². The van der Waals surface area contributed by atoms with Gasteiger partial charge in [0.05, 0.1) is 0 Å². The lowest BCUT2D eigenvalue weighted by Crippen LogP contribution is -2.24. The van der Waals surface area contributed by atoms with E-state index in [-0.39, 0.29) is 0 Å². The molecule has 2 heteroatoms. The molecule has 0 aromatic heterocycles. The van der Waals surface area contributed by atoms with Crippen molar-refractivity contribution in [3.63, 3.8) is 0 Å². The minimum Gasteiger partial charge on any atom is -0.310 e. The van der Waals surface area contributed by atoms with Crippen LogP contribution in [0.25, 0.3) is 0 Å². The number of hydrogen-bond acceptors (Lipinski definition) is 2. The Labute approximate surface area is 99.3 Å². The van der Waals surface area contributed by atoms with Crippen LogP contribution >= 0.6 is 0 Å². The van der Waals surface area contributed by atoms with E-state index in [2.05, 4.69) is 11.2 Å². The number of nitrogens with one attached hydrogen (secondary N) is 2. The molecule has 1 aliphatic heterocycles. The predicted molar refractivity (Wildman–Crippen MR) is 71.8 cm³/mol. The van der Waals surface area contributed by atoms with Crippen LogP contribution in [0.15, 0.2) is 23.3 Å². The monoisotopic (exact) mass is 218 g/mol. The van der Waals surface area contributed by atoms with Gasteiger partial charge in [-0.15, -0.1) is 6.42 Å². The van der Waals surface area contributed by atoms with Gasteiger partial charge in [0.2, 0.25) is 0 Å². The fraction of sp³-hybridized carbons (Fsp3) is 0.500. The van der Waals surface area contributed by atoms with Crippen LogP contribution in [0.2, 0.25) is 0 Å². The van der Waals surface area contributed by atoms with Gasteiger partial charge in [0.1, 0.15) is 0 Å². The average Bonchev–Trinajstić information content (AvgIpc) is 2.87. The van der Waals surface area contributed by atoms with E-state index >= 15 is 0 Å².